The molecule has 19 heteroatoms. The minimum Gasteiger partial charge on any atom is -0.481 e. The number of rotatable bonds is 9. The molecule has 0 aromatic heterocycles. The number of anilines is 2. The first-order valence-electron chi connectivity index (χ1n) is 10.5. The predicted octanol–water partition coefficient (Wildman–Crippen LogP) is 3.57. The van der Waals surface area contributed by atoms with Crippen LogP contribution in [-0.2, 0) is 14.4 Å². The number of hydrogen-bond acceptors (Lipinski definition) is 13. The molecule has 0 spiro atoms. The van der Waals surface area contributed by atoms with E-state index >= 15 is 0 Å². The van der Waals surface area contributed by atoms with E-state index in [9.17, 15) is 24.0 Å². The van der Waals surface area contributed by atoms with Crippen molar-refractivity contribution < 1.29 is 44.4 Å². The lowest BCUT2D eigenvalue weighted by molar-refractivity contribution is -0.134. The maximum absolute atomic E-state index is 11.5. The molecular weight excluding hydrogens is 660 g/mol. The Labute approximate surface area is 263 Å². The van der Waals surface area contributed by atoms with Crippen LogP contribution in [0.5, 0.6) is 0 Å². The van der Waals surface area contributed by atoms with Gasteiger partial charge in [-0.3, -0.25) is 25.7 Å². The Bertz CT molecular complexity index is 1250. The second-order valence-electron chi connectivity index (χ2n) is 6.86. The molecule has 0 bridgehead atoms. The number of thioether (sulfide) groups is 3. The Morgan fingerprint density at radius 3 is 1.68 bits per heavy atom. The van der Waals surface area contributed by atoms with Crippen molar-refractivity contribution in [3.05, 3.63) is 59.7 Å². The molecule has 0 radical (unpaired) electrons. The molecule has 1 aliphatic rings. The largest absolute Gasteiger partial charge is 0.481 e. The highest BCUT2D eigenvalue weighted by atomic mass is 35.5. The van der Waals surface area contributed by atoms with E-state index in [1.54, 1.807) is 36.4 Å². The topological polar surface area (TPSA) is 220 Å². The number of hydrogen-bond donors (Lipinski definition) is 7. The van der Waals surface area contributed by atoms with E-state index < -0.39 is 23.9 Å². The molecule has 222 valence electrons. The lowest BCUT2D eigenvalue weighted by atomic mass is 10.2. The third-order valence-electron chi connectivity index (χ3n) is 4.08. The lowest BCUT2D eigenvalue weighted by Gasteiger charge is -2.18. The molecule has 2 aromatic rings. The molecule has 0 saturated carbocycles. The summed E-state index contributed by atoms with van der Waals surface area (Å²) in [6, 6.07) is 12.8. The Morgan fingerprint density at radius 1 is 0.878 bits per heavy atom. The Morgan fingerprint density at radius 2 is 1.32 bits per heavy atom. The highest BCUT2D eigenvalue weighted by molar-refractivity contribution is 8.47. The number of para-hydroxylation sites is 2. The molecule has 1 aliphatic heterocycles. The summed E-state index contributed by atoms with van der Waals surface area (Å²) in [6.07, 6.45) is 0. The number of carboxylic acid groups (broad SMARTS) is 4. The number of carboxylic acids is 4. The first-order valence-corrected chi connectivity index (χ1v) is 14.2. The van der Waals surface area contributed by atoms with Gasteiger partial charge in [-0.05, 0) is 24.3 Å². The standard InChI is InChI=1S/C10H8N2O3S2.C7H8N2O2.C5H6O4S3.ClH/c13-8-5-17-10(16)12(8)11-7-4-2-1-3-6(7)9(14)15;8-9-6-4-2-1-3-5(6)7(10)11;6-3(7)1-11-5(10)12-2-4(8)9;/h1-4,11H,5H2,(H,14,15);1-4,9H,8H2,(H,10,11);1-2H2,(H,6,7)(H,8,9);1H. The van der Waals surface area contributed by atoms with Crippen LogP contribution < -0.4 is 16.7 Å². The van der Waals surface area contributed by atoms with Gasteiger partial charge in [-0.1, -0.05) is 84.0 Å². The number of thiocarbonyl (C=S) groups is 2. The summed E-state index contributed by atoms with van der Waals surface area (Å²) in [6.45, 7) is 0. The number of nitrogens with zero attached hydrogens (tertiary/aromatic N) is 1. The first kappa shape index (κ1) is 37.9. The Kier molecular flexibility index (Phi) is 18.3. The molecule has 0 aliphatic carbocycles. The van der Waals surface area contributed by atoms with Crippen molar-refractivity contribution in [2.24, 2.45) is 5.84 Å². The smallest absolute Gasteiger partial charge is 0.337 e. The van der Waals surface area contributed by atoms with Gasteiger partial charge in [-0.25, -0.2) is 14.6 Å². The quantitative estimate of drug-likeness (QED) is 0.114. The number of hydrazine groups is 2. The molecule has 13 nitrogen and oxygen atoms in total. The summed E-state index contributed by atoms with van der Waals surface area (Å²) >= 11 is 12.8. The summed E-state index contributed by atoms with van der Waals surface area (Å²) in [4.78, 5) is 53.0. The van der Waals surface area contributed by atoms with Crippen molar-refractivity contribution in [1.29, 1.82) is 0 Å². The van der Waals surface area contributed by atoms with Crippen molar-refractivity contribution >= 4 is 121 Å². The lowest BCUT2D eigenvalue weighted by Crippen LogP contribution is -2.34. The number of carbonyl (C=O) groups excluding carboxylic acids is 1. The monoisotopic (exact) mass is 682 g/mol. The minimum atomic E-state index is -1.06. The van der Waals surface area contributed by atoms with Crippen LogP contribution in [0.1, 0.15) is 20.7 Å². The van der Waals surface area contributed by atoms with Crippen LogP contribution in [0.25, 0.3) is 0 Å². The van der Waals surface area contributed by atoms with Crippen molar-refractivity contribution in [1.82, 2.24) is 5.01 Å². The van der Waals surface area contributed by atoms with E-state index in [1.165, 1.54) is 28.9 Å². The highest BCUT2D eigenvalue weighted by Gasteiger charge is 2.27. The second kappa shape index (κ2) is 19.9. The zero-order chi connectivity index (χ0) is 30.2. The van der Waals surface area contributed by atoms with Gasteiger partial charge < -0.3 is 25.9 Å². The molecule has 1 heterocycles. The SMILES string of the molecule is Cl.NNc1ccccc1C(=O)O.O=C(O)CSC(=S)SCC(=O)O.O=C(O)c1ccccc1NN1C(=O)CSC1=S. The molecule has 0 atom stereocenters. The number of nitrogens with two attached hydrogens (primary N) is 1. The van der Waals surface area contributed by atoms with Crippen LogP contribution in [0.2, 0.25) is 0 Å². The maximum Gasteiger partial charge on any atom is 0.337 e. The van der Waals surface area contributed by atoms with E-state index in [1.807, 2.05) is 0 Å². The van der Waals surface area contributed by atoms with Crippen LogP contribution in [0, 0.1) is 0 Å². The van der Waals surface area contributed by atoms with Gasteiger partial charge in [0.2, 0.25) is 0 Å². The third kappa shape index (κ3) is 14.4. The number of carbonyl (C=O) groups is 5. The number of halogens is 1. The number of benzene rings is 2. The van der Waals surface area contributed by atoms with Crippen LogP contribution >= 0.6 is 72.1 Å². The Balaban J connectivity index is 0.000000598. The zero-order valence-electron chi connectivity index (χ0n) is 20.5. The van der Waals surface area contributed by atoms with E-state index in [0.29, 0.717) is 19.2 Å². The van der Waals surface area contributed by atoms with E-state index in [4.69, 9.17) is 50.7 Å². The van der Waals surface area contributed by atoms with Crippen molar-refractivity contribution in [3.8, 4) is 0 Å². The fraction of sp³-hybridized carbons (Fsp3) is 0.136. The van der Waals surface area contributed by atoms with Crippen LogP contribution in [0.3, 0.4) is 0 Å². The van der Waals surface area contributed by atoms with Gasteiger partial charge in [-0.15, -0.1) is 12.4 Å². The number of nitrogens with one attached hydrogen (secondary N) is 2. The van der Waals surface area contributed by atoms with Gasteiger partial charge in [0, 0.05) is 0 Å². The summed E-state index contributed by atoms with van der Waals surface area (Å²) in [5, 5.41) is 35.3. The fourth-order valence-corrected chi connectivity index (χ4v) is 4.93. The van der Waals surface area contributed by atoms with Gasteiger partial charge in [0.1, 0.15) is 3.53 Å². The molecule has 1 fully saturated rings. The van der Waals surface area contributed by atoms with Crippen molar-refractivity contribution in [3.63, 3.8) is 0 Å². The summed E-state index contributed by atoms with van der Waals surface area (Å²) < 4.78 is 0.745. The predicted molar refractivity (Wildman–Crippen MR) is 170 cm³/mol. The molecule has 1 amide bonds. The van der Waals surface area contributed by atoms with Crippen molar-refractivity contribution in [2.75, 3.05) is 28.1 Å². The molecule has 41 heavy (non-hydrogen) atoms. The zero-order valence-corrected chi connectivity index (χ0v) is 25.4. The van der Waals surface area contributed by atoms with Crippen molar-refractivity contribution in [2.45, 2.75) is 0 Å². The normalized spacial score (nSPS) is 11.5. The van der Waals surface area contributed by atoms with Crippen LogP contribution in [-0.4, -0.2) is 80.3 Å². The number of amides is 1. The molecule has 3 rings (SSSR count). The summed E-state index contributed by atoms with van der Waals surface area (Å²) in [5.41, 5.74) is 6.06. The molecular formula is C22H23ClN4O9S5. The molecule has 1 saturated heterocycles. The fourth-order valence-electron chi connectivity index (χ4n) is 2.43. The molecule has 0 unspecified atom stereocenters. The van der Waals surface area contributed by atoms with Gasteiger partial charge in [0.25, 0.3) is 5.91 Å². The van der Waals surface area contributed by atoms with E-state index in [-0.39, 0.29) is 46.7 Å². The summed E-state index contributed by atoms with van der Waals surface area (Å²) in [5.74, 6) is 0.970. The number of aliphatic carboxylic acids is 2. The Hall–Kier alpha value is -3.13. The van der Waals surface area contributed by atoms with Gasteiger partial charge >= 0.3 is 23.9 Å². The maximum atomic E-state index is 11.5. The molecule has 2 aromatic carbocycles. The van der Waals surface area contributed by atoms with Crippen LogP contribution in [0.15, 0.2) is 48.5 Å². The first-order chi connectivity index (χ1) is 18.9. The summed E-state index contributed by atoms with van der Waals surface area (Å²) in [7, 11) is 0. The third-order valence-corrected chi connectivity index (χ3v) is 8.11. The van der Waals surface area contributed by atoms with E-state index in [0.717, 1.165) is 23.5 Å². The highest BCUT2D eigenvalue weighted by Crippen LogP contribution is 2.23. The average Bonchev–Trinajstić information content (AvgIpc) is 3.23. The van der Waals surface area contributed by atoms with Crippen LogP contribution in [0.4, 0.5) is 11.4 Å². The number of nitrogen functional groups attached to an aromatic ring is 1. The number of aromatic carboxylic acids is 2. The van der Waals surface area contributed by atoms with Gasteiger partial charge in [0.15, 0.2) is 4.32 Å². The molecule has 8 N–H and O–H groups in total. The minimum absolute atomic E-state index is 0. The van der Waals surface area contributed by atoms with E-state index in [2.05, 4.69) is 10.9 Å². The van der Waals surface area contributed by atoms with Gasteiger partial charge in [-0.2, -0.15) is 0 Å². The average molecular weight is 683 g/mol. The second-order valence-corrected chi connectivity index (χ2v) is 11.6. The van der Waals surface area contributed by atoms with Gasteiger partial charge in [0.05, 0.1) is 39.8 Å².